The predicted octanol–water partition coefficient (Wildman–Crippen LogP) is 0.682. The van der Waals surface area contributed by atoms with Gasteiger partial charge in [-0.15, -0.1) is 0 Å². The Kier molecular flexibility index (Phi) is 5.45. The maximum atomic E-state index is 12.8. The first-order valence-corrected chi connectivity index (χ1v) is 9.26. The normalized spacial score (nSPS) is 18.2. The van der Waals surface area contributed by atoms with Crippen molar-refractivity contribution in [1.82, 2.24) is 4.90 Å². The van der Waals surface area contributed by atoms with Crippen molar-refractivity contribution in [1.29, 1.82) is 0 Å². The van der Waals surface area contributed by atoms with Gasteiger partial charge in [0.15, 0.2) is 0 Å². The highest BCUT2D eigenvalue weighted by atomic mass is 32.2. The fourth-order valence-electron chi connectivity index (χ4n) is 2.52. The molecule has 2 N–H and O–H groups in total. The van der Waals surface area contributed by atoms with Gasteiger partial charge in [0.1, 0.15) is 0 Å². The van der Waals surface area contributed by atoms with Gasteiger partial charge in [-0.25, -0.2) is 8.42 Å². The molecule has 0 aromatic heterocycles. The molecular weight excluding hydrogens is 336 g/mol. The standard InChI is InChI=1S/C15H20N2O6S/c1-10-3-4-13(16-24(2,21)22)12(7-10)15(20)17-5-6-23-11(9-17)8-14(18)19/h3-4,7,11,16H,5-6,8-9H2,1-2H3,(H,18,19). The molecule has 1 saturated heterocycles. The van der Waals surface area contributed by atoms with Crippen molar-refractivity contribution in [3.63, 3.8) is 0 Å². The number of aliphatic carboxylic acids is 1. The first-order chi connectivity index (χ1) is 11.2. The van der Waals surface area contributed by atoms with Crippen molar-refractivity contribution in [3.8, 4) is 0 Å². The van der Waals surface area contributed by atoms with Crippen LogP contribution in [0.5, 0.6) is 0 Å². The molecule has 9 heteroatoms. The Bertz CT molecular complexity index is 746. The summed E-state index contributed by atoms with van der Waals surface area (Å²) in [7, 11) is -3.53. The summed E-state index contributed by atoms with van der Waals surface area (Å²) in [6, 6.07) is 4.85. The third-order valence-corrected chi connectivity index (χ3v) is 4.12. The molecule has 1 fully saturated rings. The third kappa shape index (κ3) is 4.93. The van der Waals surface area contributed by atoms with E-state index in [0.29, 0.717) is 6.54 Å². The number of carbonyl (C=O) groups is 2. The minimum atomic E-state index is -3.53. The highest BCUT2D eigenvalue weighted by Gasteiger charge is 2.28. The Morgan fingerprint density at radius 2 is 2.12 bits per heavy atom. The van der Waals surface area contributed by atoms with Crippen molar-refractivity contribution < 1.29 is 27.9 Å². The molecule has 24 heavy (non-hydrogen) atoms. The highest BCUT2D eigenvalue weighted by Crippen LogP contribution is 2.22. The van der Waals surface area contributed by atoms with E-state index in [1.54, 1.807) is 25.1 Å². The maximum Gasteiger partial charge on any atom is 0.306 e. The maximum absolute atomic E-state index is 12.8. The second kappa shape index (κ2) is 7.18. The second-order valence-corrected chi connectivity index (χ2v) is 7.51. The first-order valence-electron chi connectivity index (χ1n) is 7.37. The molecule has 1 heterocycles. The van der Waals surface area contributed by atoms with E-state index in [-0.39, 0.29) is 36.7 Å². The van der Waals surface area contributed by atoms with Crippen LogP contribution in [0.3, 0.4) is 0 Å². The summed E-state index contributed by atoms with van der Waals surface area (Å²) >= 11 is 0. The van der Waals surface area contributed by atoms with Gasteiger partial charge in [-0.1, -0.05) is 11.6 Å². The number of carboxylic acids is 1. The Hall–Kier alpha value is -2.13. The lowest BCUT2D eigenvalue weighted by atomic mass is 10.1. The lowest BCUT2D eigenvalue weighted by Crippen LogP contribution is -2.46. The Morgan fingerprint density at radius 1 is 1.42 bits per heavy atom. The molecule has 0 aliphatic carbocycles. The summed E-state index contributed by atoms with van der Waals surface area (Å²) < 4.78 is 30.7. The van der Waals surface area contributed by atoms with Crippen LogP contribution in [0.2, 0.25) is 0 Å². The van der Waals surface area contributed by atoms with Gasteiger partial charge in [0.25, 0.3) is 5.91 Å². The molecule has 1 aromatic carbocycles. The number of carbonyl (C=O) groups excluding carboxylic acids is 1. The van der Waals surface area contributed by atoms with E-state index in [9.17, 15) is 18.0 Å². The zero-order valence-electron chi connectivity index (χ0n) is 13.5. The van der Waals surface area contributed by atoms with Crippen molar-refractivity contribution in [2.45, 2.75) is 19.4 Å². The van der Waals surface area contributed by atoms with Crippen LogP contribution in [0.15, 0.2) is 18.2 Å². The van der Waals surface area contributed by atoms with E-state index in [1.807, 2.05) is 0 Å². The number of hydrogen-bond donors (Lipinski definition) is 2. The average molecular weight is 356 g/mol. The monoisotopic (exact) mass is 356 g/mol. The zero-order chi connectivity index (χ0) is 17.9. The third-order valence-electron chi connectivity index (χ3n) is 3.53. The summed E-state index contributed by atoms with van der Waals surface area (Å²) in [6.07, 6.45) is 0.251. The SMILES string of the molecule is Cc1ccc(NS(C)(=O)=O)c(C(=O)N2CCOC(CC(=O)O)C2)c1. The zero-order valence-corrected chi connectivity index (χ0v) is 14.3. The first kappa shape index (κ1) is 18.2. The summed E-state index contributed by atoms with van der Waals surface area (Å²) in [4.78, 5) is 25.1. The second-order valence-electron chi connectivity index (χ2n) is 5.77. The topological polar surface area (TPSA) is 113 Å². The molecule has 1 aromatic rings. The van der Waals surface area contributed by atoms with Crippen LogP contribution >= 0.6 is 0 Å². The fourth-order valence-corrected chi connectivity index (χ4v) is 3.09. The number of benzene rings is 1. The van der Waals surface area contributed by atoms with Crippen LogP contribution in [0.25, 0.3) is 0 Å². The van der Waals surface area contributed by atoms with Gasteiger partial charge in [0.05, 0.1) is 36.6 Å². The quantitative estimate of drug-likeness (QED) is 0.802. The van der Waals surface area contributed by atoms with Crippen LogP contribution in [-0.2, 0) is 19.6 Å². The molecule has 1 aliphatic heterocycles. The minimum Gasteiger partial charge on any atom is -0.481 e. The Labute approximate surface area is 140 Å². The lowest BCUT2D eigenvalue weighted by Gasteiger charge is -2.32. The molecule has 1 aliphatic rings. The van der Waals surface area contributed by atoms with Crippen LogP contribution in [0.4, 0.5) is 5.69 Å². The van der Waals surface area contributed by atoms with Crippen molar-refractivity contribution in [3.05, 3.63) is 29.3 Å². The molecule has 1 amide bonds. The number of amides is 1. The van der Waals surface area contributed by atoms with E-state index in [1.165, 1.54) is 4.90 Å². The van der Waals surface area contributed by atoms with Gasteiger partial charge >= 0.3 is 5.97 Å². The van der Waals surface area contributed by atoms with E-state index >= 15 is 0 Å². The number of carboxylic acid groups (broad SMARTS) is 1. The largest absolute Gasteiger partial charge is 0.481 e. The molecule has 132 valence electrons. The molecule has 1 unspecified atom stereocenters. The molecule has 8 nitrogen and oxygen atoms in total. The smallest absolute Gasteiger partial charge is 0.306 e. The summed E-state index contributed by atoms with van der Waals surface area (Å²) in [5, 5.41) is 8.86. The number of nitrogens with one attached hydrogen (secondary N) is 1. The van der Waals surface area contributed by atoms with Crippen molar-refractivity contribution in [2.24, 2.45) is 0 Å². The van der Waals surface area contributed by atoms with Crippen molar-refractivity contribution >= 4 is 27.6 Å². The highest BCUT2D eigenvalue weighted by molar-refractivity contribution is 7.92. The van der Waals surface area contributed by atoms with E-state index in [0.717, 1.165) is 11.8 Å². The number of ether oxygens (including phenoxy) is 1. The summed E-state index contributed by atoms with van der Waals surface area (Å²) in [5.41, 5.74) is 1.25. The minimum absolute atomic E-state index is 0.150. The summed E-state index contributed by atoms with van der Waals surface area (Å²) in [6.45, 7) is 2.51. The van der Waals surface area contributed by atoms with Gasteiger partial charge in [0, 0.05) is 13.1 Å². The fraction of sp³-hybridized carbons (Fsp3) is 0.467. The van der Waals surface area contributed by atoms with Crippen molar-refractivity contribution in [2.75, 3.05) is 30.7 Å². The predicted molar refractivity (Wildman–Crippen MR) is 87.5 cm³/mol. The molecule has 0 saturated carbocycles. The molecular formula is C15H20N2O6S. The molecule has 2 rings (SSSR count). The Balaban J connectivity index is 2.25. The number of sulfonamides is 1. The van der Waals surface area contributed by atoms with E-state index in [4.69, 9.17) is 9.84 Å². The van der Waals surface area contributed by atoms with Crippen LogP contribution in [0, 0.1) is 6.92 Å². The number of morpholine rings is 1. The molecule has 0 bridgehead atoms. The number of aryl methyl sites for hydroxylation is 1. The lowest BCUT2D eigenvalue weighted by molar-refractivity contribution is -0.141. The number of nitrogens with zero attached hydrogens (tertiary/aromatic N) is 1. The van der Waals surface area contributed by atoms with Gasteiger partial charge in [-0.05, 0) is 19.1 Å². The van der Waals surface area contributed by atoms with Gasteiger partial charge < -0.3 is 14.7 Å². The molecule has 1 atom stereocenters. The number of rotatable bonds is 5. The Morgan fingerprint density at radius 3 is 2.75 bits per heavy atom. The molecule has 0 radical (unpaired) electrons. The summed E-state index contributed by atoms with van der Waals surface area (Å²) in [5.74, 6) is -1.35. The van der Waals surface area contributed by atoms with E-state index < -0.39 is 22.1 Å². The molecule has 0 spiro atoms. The van der Waals surface area contributed by atoms with Gasteiger partial charge in [0.2, 0.25) is 10.0 Å². The average Bonchev–Trinajstić information content (AvgIpc) is 2.46. The van der Waals surface area contributed by atoms with Gasteiger partial charge in [-0.2, -0.15) is 0 Å². The van der Waals surface area contributed by atoms with E-state index in [2.05, 4.69) is 4.72 Å². The van der Waals surface area contributed by atoms with Crippen LogP contribution in [0.1, 0.15) is 22.3 Å². The number of anilines is 1. The van der Waals surface area contributed by atoms with Crippen LogP contribution < -0.4 is 4.72 Å². The van der Waals surface area contributed by atoms with Gasteiger partial charge in [-0.3, -0.25) is 14.3 Å². The van der Waals surface area contributed by atoms with Crippen LogP contribution in [-0.4, -0.2) is 62.4 Å². The number of hydrogen-bond acceptors (Lipinski definition) is 5.